The highest BCUT2D eigenvalue weighted by atomic mass is 16.7. The maximum atomic E-state index is 6.02. The van der Waals surface area contributed by atoms with Crippen LogP contribution in [0.1, 0.15) is 46.0 Å². The van der Waals surface area contributed by atoms with Crippen LogP contribution in [0.25, 0.3) is 0 Å². The summed E-state index contributed by atoms with van der Waals surface area (Å²) >= 11 is 0. The zero-order valence-electron chi connectivity index (χ0n) is 13.3. The minimum absolute atomic E-state index is 0.271. The number of nitrogens with two attached hydrogens (primary N) is 1. The van der Waals surface area contributed by atoms with E-state index < -0.39 is 0 Å². The van der Waals surface area contributed by atoms with Crippen molar-refractivity contribution in [1.29, 1.82) is 0 Å². The zero-order chi connectivity index (χ0) is 14.5. The number of methoxy groups -OCH3 is 2. The molecule has 1 aliphatic rings. The molecule has 0 spiro atoms. The Hall–Kier alpha value is -0.160. The van der Waals surface area contributed by atoms with Gasteiger partial charge < -0.3 is 15.2 Å². The minimum Gasteiger partial charge on any atom is -0.354 e. The van der Waals surface area contributed by atoms with E-state index in [1.807, 2.05) is 0 Å². The van der Waals surface area contributed by atoms with Crippen molar-refractivity contribution < 1.29 is 9.47 Å². The maximum Gasteiger partial charge on any atom is 0.176 e. The van der Waals surface area contributed by atoms with Crippen LogP contribution in [-0.4, -0.2) is 50.6 Å². The van der Waals surface area contributed by atoms with E-state index in [2.05, 4.69) is 25.8 Å². The van der Waals surface area contributed by atoms with Gasteiger partial charge in [0.2, 0.25) is 0 Å². The Balaban J connectivity index is 2.70. The monoisotopic (exact) mass is 272 g/mol. The average molecular weight is 272 g/mol. The van der Waals surface area contributed by atoms with Crippen LogP contribution in [0.4, 0.5) is 0 Å². The summed E-state index contributed by atoms with van der Waals surface area (Å²) in [5.41, 5.74) is 5.75. The highest BCUT2D eigenvalue weighted by molar-refractivity contribution is 4.94. The van der Waals surface area contributed by atoms with E-state index in [0.29, 0.717) is 12.6 Å². The first kappa shape index (κ1) is 16.9. The predicted octanol–water partition coefficient (Wildman–Crippen LogP) is 2.22. The van der Waals surface area contributed by atoms with Gasteiger partial charge in [-0.15, -0.1) is 0 Å². The average Bonchev–Trinajstić information content (AvgIpc) is 2.47. The predicted molar refractivity (Wildman–Crippen MR) is 79.1 cm³/mol. The minimum atomic E-state index is -0.286. The molecule has 0 aromatic carbocycles. The van der Waals surface area contributed by atoms with Crippen molar-refractivity contribution in [2.45, 2.75) is 63.8 Å². The molecule has 2 N–H and O–H groups in total. The molecule has 4 heteroatoms. The van der Waals surface area contributed by atoms with Gasteiger partial charge >= 0.3 is 0 Å². The summed E-state index contributed by atoms with van der Waals surface area (Å²) in [4.78, 5) is 2.39. The highest BCUT2D eigenvalue weighted by Gasteiger charge is 2.41. The molecule has 1 atom stereocenters. The van der Waals surface area contributed by atoms with Gasteiger partial charge in [0.1, 0.15) is 0 Å². The Morgan fingerprint density at radius 2 is 1.74 bits per heavy atom. The Kier molecular flexibility index (Phi) is 6.74. The molecule has 1 unspecified atom stereocenters. The largest absolute Gasteiger partial charge is 0.354 e. The van der Waals surface area contributed by atoms with Crippen molar-refractivity contribution in [3.05, 3.63) is 0 Å². The Morgan fingerprint density at radius 3 is 2.11 bits per heavy atom. The van der Waals surface area contributed by atoms with Crippen LogP contribution in [0.2, 0.25) is 0 Å². The van der Waals surface area contributed by atoms with E-state index >= 15 is 0 Å². The molecule has 0 saturated heterocycles. The Labute approximate surface area is 118 Å². The van der Waals surface area contributed by atoms with Crippen LogP contribution in [0.5, 0.6) is 0 Å². The Bertz CT molecular complexity index is 251. The van der Waals surface area contributed by atoms with Gasteiger partial charge in [0.15, 0.2) is 6.29 Å². The first-order valence-electron chi connectivity index (χ1n) is 7.52. The van der Waals surface area contributed by atoms with E-state index in [4.69, 9.17) is 15.2 Å². The summed E-state index contributed by atoms with van der Waals surface area (Å²) in [5.74, 6) is 0.912. The van der Waals surface area contributed by atoms with Crippen molar-refractivity contribution in [3.63, 3.8) is 0 Å². The van der Waals surface area contributed by atoms with Crippen LogP contribution in [0.15, 0.2) is 0 Å². The standard InChI is InChI=1S/C15H32N2O2/c1-6-12-7-9-13(10-8-12)17(3)15(2,11-16)14(18-4)19-5/h12-14H,6-11,16H2,1-5H3. The number of hydrogen-bond acceptors (Lipinski definition) is 4. The van der Waals surface area contributed by atoms with Gasteiger partial charge in [-0.05, 0) is 45.6 Å². The second-order valence-corrected chi connectivity index (χ2v) is 6.06. The van der Waals surface area contributed by atoms with Crippen molar-refractivity contribution in [3.8, 4) is 0 Å². The molecular weight excluding hydrogens is 240 g/mol. The summed E-state index contributed by atoms with van der Waals surface area (Å²) in [7, 11) is 5.53. The molecule has 0 bridgehead atoms. The van der Waals surface area contributed by atoms with Crippen LogP contribution in [0, 0.1) is 5.92 Å². The second kappa shape index (κ2) is 7.58. The number of nitrogens with zero attached hydrogens (tertiary/aromatic N) is 1. The fourth-order valence-corrected chi connectivity index (χ4v) is 3.37. The molecular formula is C15H32N2O2. The molecule has 0 radical (unpaired) electrons. The smallest absolute Gasteiger partial charge is 0.176 e. The molecule has 0 amide bonds. The number of ether oxygens (including phenoxy) is 2. The number of likely N-dealkylation sites (N-methyl/N-ethyl adjacent to an activating group) is 1. The van der Waals surface area contributed by atoms with Crippen LogP contribution >= 0.6 is 0 Å². The van der Waals surface area contributed by atoms with Crippen LogP contribution in [-0.2, 0) is 9.47 Å². The Morgan fingerprint density at radius 1 is 1.21 bits per heavy atom. The fraction of sp³-hybridized carbons (Fsp3) is 1.00. The first-order chi connectivity index (χ1) is 9.03. The van der Waals surface area contributed by atoms with E-state index in [-0.39, 0.29) is 11.8 Å². The third-order valence-electron chi connectivity index (χ3n) is 5.10. The van der Waals surface area contributed by atoms with E-state index in [9.17, 15) is 0 Å². The molecule has 19 heavy (non-hydrogen) atoms. The summed E-state index contributed by atoms with van der Waals surface area (Å²) in [6, 6.07) is 0.587. The fourth-order valence-electron chi connectivity index (χ4n) is 3.37. The van der Waals surface area contributed by atoms with E-state index in [1.54, 1.807) is 14.2 Å². The highest BCUT2D eigenvalue weighted by Crippen LogP contribution is 2.33. The molecule has 4 nitrogen and oxygen atoms in total. The van der Waals surface area contributed by atoms with Gasteiger partial charge in [-0.1, -0.05) is 13.3 Å². The lowest BCUT2D eigenvalue weighted by Crippen LogP contribution is -2.62. The summed E-state index contributed by atoms with van der Waals surface area (Å²) < 4.78 is 10.9. The van der Waals surface area contributed by atoms with Crippen molar-refractivity contribution >= 4 is 0 Å². The van der Waals surface area contributed by atoms with Gasteiger partial charge in [-0.2, -0.15) is 0 Å². The van der Waals surface area contributed by atoms with Gasteiger partial charge in [0.25, 0.3) is 0 Å². The van der Waals surface area contributed by atoms with Crippen LogP contribution in [0.3, 0.4) is 0 Å². The lowest BCUT2D eigenvalue weighted by Gasteiger charge is -2.47. The maximum absolute atomic E-state index is 6.02. The lowest BCUT2D eigenvalue weighted by atomic mass is 9.82. The lowest BCUT2D eigenvalue weighted by molar-refractivity contribution is -0.185. The van der Waals surface area contributed by atoms with Crippen molar-refractivity contribution in [1.82, 2.24) is 4.90 Å². The van der Waals surface area contributed by atoms with Gasteiger partial charge in [-0.25, -0.2) is 0 Å². The summed E-state index contributed by atoms with van der Waals surface area (Å²) in [6.45, 7) is 4.96. The molecule has 1 saturated carbocycles. The summed E-state index contributed by atoms with van der Waals surface area (Å²) in [6.07, 6.45) is 6.19. The summed E-state index contributed by atoms with van der Waals surface area (Å²) in [5, 5.41) is 0. The van der Waals surface area contributed by atoms with Gasteiger partial charge in [0.05, 0.1) is 5.54 Å². The molecule has 0 aliphatic heterocycles. The van der Waals surface area contributed by atoms with Crippen molar-refractivity contribution in [2.75, 3.05) is 27.8 Å². The van der Waals surface area contributed by atoms with Crippen molar-refractivity contribution in [2.24, 2.45) is 11.7 Å². The van der Waals surface area contributed by atoms with Crippen LogP contribution < -0.4 is 5.73 Å². The third kappa shape index (κ3) is 3.69. The molecule has 0 aromatic heterocycles. The topological polar surface area (TPSA) is 47.7 Å². The quantitative estimate of drug-likeness (QED) is 0.722. The first-order valence-corrected chi connectivity index (χ1v) is 7.52. The van der Waals surface area contributed by atoms with Gasteiger partial charge in [0, 0.05) is 26.8 Å². The SMILES string of the molecule is CCC1CCC(N(C)C(C)(CN)C(OC)OC)CC1. The molecule has 0 heterocycles. The molecule has 1 rings (SSSR count). The molecule has 114 valence electrons. The normalized spacial score (nSPS) is 27.8. The zero-order valence-corrected chi connectivity index (χ0v) is 13.3. The van der Waals surface area contributed by atoms with E-state index in [0.717, 1.165) is 5.92 Å². The third-order valence-corrected chi connectivity index (χ3v) is 5.10. The number of hydrogen-bond donors (Lipinski definition) is 1. The molecule has 1 aliphatic carbocycles. The second-order valence-electron chi connectivity index (χ2n) is 6.06. The van der Waals surface area contributed by atoms with E-state index in [1.165, 1.54) is 32.1 Å². The molecule has 1 fully saturated rings. The number of rotatable bonds is 7. The molecule has 0 aromatic rings. The van der Waals surface area contributed by atoms with Gasteiger partial charge in [-0.3, -0.25) is 4.90 Å².